The second-order valence-corrected chi connectivity index (χ2v) is 2.50. The first-order chi connectivity index (χ1) is 3.27. The molecule has 0 aromatic carbocycles. The Morgan fingerprint density at radius 2 is 2.57 bits per heavy atom. The van der Waals surface area contributed by atoms with Gasteiger partial charge in [0.05, 0.1) is 5.75 Å². The van der Waals surface area contributed by atoms with Gasteiger partial charge in [0, 0.05) is 0 Å². The molecule has 2 heteroatoms. The molecule has 0 bridgehead atoms. The van der Waals surface area contributed by atoms with Gasteiger partial charge in [-0.05, 0) is 11.8 Å². The van der Waals surface area contributed by atoms with E-state index in [1.807, 2.05) is 6.92 Å². The Balaban J connectivity index is 2.97. The minimum Gasteiger partial charge on any atom is -0.302 e. The van der Waals surface area contributed by atoms with E-state index in [1.54, 1.807) is 0 Å². The Morgan fingerprint density at radius 1 is 2.00 bits per heavy atom. The van der Waals surface area contributed by atoms with Crippen LogP contribution in [0.15, 0.2) is 11.5 Å². The van der Waals surface area contributed by atoms with Crippen LogP contribution < -0.4 is 0 Å². The van der Waals surface area contributed by atoms with E-state index in [9.17, 15) is 4.79 Å². The maximum Gasteiger partial charge on any atom is 0.130 e. The first-order valence-corrected chi connectivity index (χ1v) is 2.98. The maximum atomic E-state index is 9.65. The topological polar surface area (TPSA) is 17.1 Å². The molecule has 0 fully saturated rings. The summed E-state index contributed by atoms with van der Waals surface area (Å²) < 4.78 is 0. The molecule has 0 aliphatic carbocycles. The second-order valence-electron chi connectivity index (χ2n) is 1.18. The van der Waals surface area contributed by atoms with Gasteiger partial charge in [0.2, 0.25) is 0 Å². The molecule has 0 spiro atoms. The van der Waals surface area contributed by atoms with Gasteiger partial charge in [0.1, 0.15) is 6.29 Å². The molecule has 0 aliphatic rings. The van der Waals surface area contributed by atoms with Crippen LogP contribution in [0.1, 0.15) is 6.92 Å². The fourth-order valence-corrected chi connectivity index (χ4v) is 0.529. The van der Waals surface area contributed by atoms with E-state index in [2.05, 4.69) is 6.58 Å². The van der Waals surface area contributed by atoms with Crippen LogP contribution in [-0.4, -0.2) is 12.0 Å². The van der Waals surface area contributed by atoms with E-state index >= 15 is 0 Å². The van der Waals surface area contributed by atoms with Crippen molar-refractivity contribution >= 4 is 18.0 Å². The van der Waals surface area contributed by atoms with Crippen LogP contribution in [0.3, 0.4) is 0 Å². The highest BCUT2D eigenvalue weighted by molar-refractivity contribution is 8.03. The van der Waals surface area contributed by atoms with Crippen molar-refractivity contribution in [3.8, 4) is 0 Å². The summed E-state index contributed by atoms with van der Waals surface area (Å²) in [5.41, 5.74) is 0. The lowest BCUT2D eigenvalue weighted by molar-refractivity contribution is -0.105. The molecular formula is C5H8OS. The summed E-state index contributed by atoms with van der Waals surface area (Å²) in [6, 6.07) is 0. The minimum atomic E-state index is 0.537. The molecule has 0 heterocycles. The number of carbonyl (C=O) groups excluding carboxylic acids is 1. The molecule has 0 radical (unpaired) electrons. The normalized spacial score (nSPS) is 8.14. The Bertz CT molecular complexity index is 78.1. The molecule has 1 nitrogen and oxygen atoms in total. The Labute approximate surface area is 47.8 Å². The van der Waals surface area contributed by atoms with Gasteiger partial charge < -0.3 is 4.79 Å². The zero-order valence-corrected chi connectivity index (χ0v) is 5.12. The molecule has 0 aromatic heterocycles. The quantitative estimate of drug-likeness (QED) is 0.519. The number of aldehydes is 1. The van der Waals surface area contributed by atoms with Crippen molar-refractivity contribution in [2.75, 3.05) is 5.75 Å². The van der Waals surface area contributed by atoms with E-state index in [1.165, 1.54) is 11.8 Å². The average Bonchev–Trinajstić information content (AvgIpc) is 1.61. The third-order valence-electron chi connectivity index (χ3n) is 0.398. The van der Waals surface area contributed by atoms with Crippen molar-refractivity contribution in [1.82, 2.24) is 0 Å². The lowest BCUT2D eigenvalue weighted by Gasteiger charge is -1.87. The number of rotatable bonds is 3. The predicted molar refractivity (Wildman–Crippen MR) is 33.3 cm³/mol. The summed E-state index contributed by atoms with van der Waals surface area (Å²) in [6.45, 7) is 5.48. The molecule has 0 atom stereocenters. The summed E-state index contributed by atoms with van der Waals surface area (Å²) in [6.07, 6.45) is 0.874. The monoisotopic (exact) mass is 116 g/mol. The molecule has 0 saturated heterocycles. The molecule has 0 aromatic rings. The first kappa shape index (κ1) is 6.76. The highest BCUT2D eigenvalue weighted by Gasteiger charge is 1.81. The van der Waals surface area contributed by atoms with E-state index < -0.39 is 0 Å². The molecule has 7 heavy (non-hydrogen) atoms. The summed E-state index contributed by atoms with van der Waals surface area (Å²) in [7, 11) is 0. The van der Waals surface area contributed by atoms with Crippen molar-refractivity contribution in [2.45, 2.75) is 6.92 Å². The molecule has 40 valence electrons. The van der Waals surface area contributed by atoms with Crippen LogP contribution in [0, 0.1) is 0 Å². The number of hydrogen-bond acceptors (Lipinski definition) is 2. The smallest absolute Gasteiger partial charge is 0.130 e. The summed E-state index contributed by atoms with van der Waals surface area (Å²) in [4.78, 5) is 10.6. The molecule has 0 amide bonds. The van der Waals surface area contributed by atoms with Gasteiger partial charge in [-0.15, -0.1) is 11.8 Å². The Morgan fingerprint density at radius 3 is 2.71 bits per heavy atom. The highest BCUT2D eigenvalue weighted by Crippen LogP contribution is 2.08. The Hall–Kier alpha value is -0.240. The van der Waals surface area contributed by atoms with E-state index in [-0.39, 0.29) is 0 Å². The van der Waals surface area contributed by atoms with Crippen molar-refractivity contribution in [3.05, 3.63) is 11.5 Å². The molecule has 0 aliphatic heterocycles. The number of thioether (sulfide) groups is 1. The molecule has 0 unspecified atom stereocenters. The maximum absolute atomic E-state index is 9.65. The zero-order chi connectivity index (χ0) is 5.70. The van der Waals surface area contributed by atoms with E-state index in [4.69, 9.17) is 0 Å². The SMILES string of the molecule is C=C(C)SCC=O. The van der Waals surface area contributed by atoms with Gasteiger partial charge in [-0.1, -0.05) is 6.58 Å². The number of allylic oxidation sites excluding steroid dienone is 1. The summed E-state index contributed by atoms with van der Waals surface area (Å²) in [5, 5.41) is 0. The van der Waals surface area contributed by atoms with Crippen molar-refractivity contribution in [2.24, 2.45) is 0 Å². The highest BCUT2D eigenvalue weighted by atomic mass is 32.2. The molecule has 0 rings (SSSR count). The third-order valence-corrected chi connectivity index (χ3v) is 1.19. The fraction of sp³-hybridized carbons (Fsp3) is 0.400. The zero-order valence-electron chi connectivity index (χ0n) is 4.31. The van der Waals surface area contributed by atoms with Gasteiger partial charge >= 0.3 is 0 Å². The first-order valence-electron chi connectivity index (χ1n) is 1.99. The second kappa shape index (κ2) is 3.93. The number of hydrogen-bond donors (Lipinski definition) is 0. The van der Waals surface area contributed by atoms with Gasteiger partial charge in [-0.3, -0.25) is 0 Å². The van der Waals surface area contributed by atoms with E-state index in [0.717, 1.165) is 11.2 Å². The van der Waals surface area contributed by atoms with Crippen LogP contribution >= 0.6 is 11.8 Å². The average molecular weight is 116 g/mol. The molecular weight excluding hydrogens is 108 g/mol. The van der Waals surface area contributed by atoms with Crippen LogP contribution in [0.25, 0.3) is 0 Å². The molecule has 0 N–H and O–H groups in total. The Kier molecular flexibility index (Phi) is 3.80. The van der Waals surface area contributed by atoms with Crippen LogP contribution in [0.2, 0.25) is 0 Å². The number of carbonyl (C=O) groups is 1. The summed E-state index contributed by atoms with van der Waals surface area (Å²) in [5.74, 6) is 0.537. The lowest BCUT2D eigenvalue weighted by atomic mass is 10.8. The van der Waals surface area contributed by atoms with Gasteiger partial charge in [0.25, 0.3) is 0 Å². The minimum absolute atomic E-state index is 0.537. The van der Waals surface area contributed by atoms with Crippen molar-refractivity contribution in [3.63, 3.8) is 0 Å². The van der Waals surface area contributed by atoms with Crippen LogP contribution in [-0.2, 0) is 4.79 Å². The fourth-order valence-electron chi connectivity index (χ4n) is 0.176. The van der Waals surface area contributed by atoms with Crippen LogP contribution in [0.4, 0.5) is 0 Å². The largest absolute Gasteiger partial charge is 0.302 e. The van der Waals surface area contributed by atoms with Crippen molar-refractivity contribution in [1.29, 1.82) is 0 Å². The lowest BCUT2D eigenvalue weighted by Crippen LogP contribution is -1.74. The standard InChI is InChI=1S/C5H8OS/c1-5(2)7-4-3-6/h3H,1,4H2,2H3. The van der Waals surface area contributed by atoms with Crippen molar-refractivity contribution < 1.29 is 4.79 Å². The third kappa shape index (κ3) is 5.76. The van der Waals surface area contributed by atoms with Gasteiger partial charge in [-0.25, -0.2) is 0 Å². The predicted octanol–water partition coefficient (Wildman–Crippen LogP) is 1.45. The van der Waals surface area contributed by atoms with Gasteiger partial charge in [-0.2, -0.15) is 0 Å². The molecule has 0 saturated carbocycles. The summed E-state index contributed by atoms with van der Waals surface area (Å²) >= 11 is 1.47. The van der Waals surface area contributed by atoms with Gasteiger partial charge in [0.15, 0.2) is 0 Å². The van der Waals surface area contributed by atoms with Crippen LogP contribution in [0.5, 0.6) is 0 Å². The van der Waals surface area contributed by atoms with E-state index in [0.29, 0.717) is 5.75 Å².